The average molecular weight is 295 g/mol. The first kappa shape index (κ1) is 14.5. The molecule has 2 amide bonds. The van der Waals surface area contributed by atoms with Crippen LogP contribution in [0.15, 0.2) is 18.2 Å². The molecular formula is C14H15ClN2O3. The number of benzene rings is 1. The Labute approximate surface area is 121 Å². The molecule has 1 atom stereocenters. The highest BCUT2D eigenvalue weighted by Gasteiger charge is 2.32. The normalized spacial score (nSPS) is 18.2. The Morgan fingerprint density at radius 3 is 2.60 bits per heavy atom. The van der Waals surface area contributed by atoms with Gasteiger partial charge in [0.25, 0.3) is 0 Å². The van der Waals surface area contributed by atoms with Crippen molar-refractivity contribution in [2.45, 2.75) is 13.3 Å². The van der Waals surface area contributed by atoms with E-state index in [4.69, 9.17) is 11.6 Å². The molecule has 1 aliphatic rings. The summed E-state index contributed by atoms with van der Waals surface area (Å²) < 4.78 is 0. The van der Waals surface area contributed by atoms with Crippen molar-refractivity contribution < 1.29 is 14.4 Å². The van der Waals surface area contributed by atoms with Crippen LogP contribution >= 0.6 is 11.6 Å². The molecule has 20 heavy (non-hydrogen) atoms. The second-order valence-corrected chi connectivity index (χ2v) is 5.32. The number of carbonyl (C=O) groups is 3. The van der Waals surface area contributed by atoms with Gasteiger partial charge in [-0.1, -0.05) is 11.6 Å². The smallest absolute Gasteiger partial charge is 0.229 e. The minimum Gasteiger partial charge on any atom is -0.345 e. The van der Waals surface area contributed by atoms with Gasteiger partial charge < -0.3 is 10.2 Å². The lowest BCUT2D eigenvalue weighted by atomic mass is 10.1. The Hall–Kier alpha value is -1.88. The number of ketones is 1. The topological polar surface area (TPSA) is 66.5 Å². The number of amides is 2. The Morgan fingerprint density at radius 2 is 2.10 bits per heavy atom. The number of hydrogen-bond donors (Lipinski definition) is 1. The molecule has 106 valence electrons. The number of Topliss-reactive ketones (excluding diaryl/α,β-unsaturated/α-hetero) is 1. The van der Waals surface area contributed by atoms with Crippen LogP contribution in [0, 0.1) is 5.92 Å². The lowest BCUT2D eigenvalue weighted by Crippen LogP contribution is -2.25. The van der Waals surface area contributed by atoms with Crippen LogP contribution in [-0.4, -0.2) is 36.1 Å². The molecule has 1 N–H and O–H groups in total. The van der Waals surface area contributed by atoms with Crippen molar-refractivity contribution >= 4 is 34.9 Å². The average Bonchev–Trinajstić information content (AvgIpc) is 2.69. The highest BCUT2D eigenvalue weighted by atomic mass is 35.5. The van der Waals surface area contributed by atoms with E-state index >= 15 is 0 Å². The first-order chi connectivity index (χ1) is 9.38. The van der Waals surface area contributed by atoms with Gasteiger partial charge in [-0.3, -0.25) is 14.4 Å². The van der Waals surface area contributed by atoms with Crippen LogP contribution in [0.5, 0.6) is 0 Å². The largest absolute Gasteiger partial charge is 0.345 e. The zero-order valence-corrected chi connectivity index (χ0v) is 12.0. The van der Waals surface area contributed by atoms with Crippen LogP contribution in [0.1, 0.15) is 23.7 Å². The predicted octanol–water partition coefficient (Wildman–Crippen LogP) is 1.96. The maximum atomic E-state index is 12.0. The van der Waals surface area contributed by atoms with Crippen molar-refractivity contribution in [3.05, 3.63) is 28.8 Å². The first-order valence-corrected chi connectivity index (χ1v) is 6.61. The van der Waals surface area contributed by atoms with Crippen LogP contribution in [0.2, 0.25) is 5.02 Å². The lowest BCUT2D eigenvalue weighted by molar-refractivity contribution is -0.127. The van der Waals surface area contributed by atoms with Gasteiger partial charge >= 0.3 is 0 Å². The van der Waals surface area contributed by atoms with E-state index in [9.17, 15) is 14.4 Å². The number of nitrogens with zero attached hydrogens (tertiary/aromatic N) is 1. The molecule has 1 aromatic rings. The molecule has 5 nitrogen and oxygen atoms in total. The van der Waals surface area contributed by atoms with Crippen LogP contribution in [0.3, 0.4) is 0 Å². The van der Waals surface area contributed by atoms with Crippen molar-refractivity contribution in [1.82, 2.24) is 4.90 Å². The number of hydrogen-bond acceptors (Lipinski definition) is 3. The van der Waals surface area contributed by atoms with Gasteiger partial charge in [-0.05, 0) is 25.1 Å². The third-order valence-corrected chi connectivity index (χ3v) is 3.64. The summed E-state index contributed by atoms with van der Waals surface area (Å²) in [6.07, 6.45) is 0.224. The number of rotatable bonds is 3. The maximum Gasteiger partial charge on any atom is 0.229 e. The quantitative estimate of drug-likeness (QED) is 0.867. The highest BCUT2D eigenvalue weighted by molar-refractivity contribution is 6.34. The monoisotopic (exact) mass is 294 g/mol. The molecule has 6 heteroatoms. The second kappa shape index (κ2) is 5.63. The lowest BCUT2D eigenvalue weighted by Gasteiger charge is -2.11. The molecule has 0 saturated carbocycles. The Bertz CT molecular complexity index is 586. The number of carbonyl (C=O) groups excluding carboxylic acids is 3. The van der Waals surface area contributed by atoms with Crippen LogP contribution in [0.4, 0.5) is 5.69 Å². The Kier molecular flexibility index (Phi) is 4.09. The second-order valence-electron chi connectivity index (χ2n) is 4.92. The summed E-state index contributed by atoms with van der Waals surface area (Å²) in [5, 5.41) is 3.02. The number of likely N-dealkylation sites (tertiary alicyclic amines) is 1. The van der Waals surface area contributed by atoms with Gasteiger partial charge in [0.1, 0.15) is 0 Å². The van der Waals surface area contributed by atoms with Crippen molar-refractivity contribution in [2.24, 2.45) is 5.92 Å². The minimum absolute atomic E-state index is 0.0323. The molecule has 1 aliphatic heterocycles. The predicted molar refractivity (Wildman–Crippen MR) is 75.8 cm³/mol. The fraction of sp³-hybridized carbons (Fsp3) is 0.357. The molecule has 0 spiro atoms. The number of anilines is 1. The zero-order valence-electron chi connectivity index (χ0n) is 11.3. The molecule has 0 aromatic heterocycles. The third kappa shape index (κ3) is 2.99. The van der Waals surface area contributed by atoms with E-state index in [2.05, 4.69) is 5.32 Å². The molecule has 0 radical (unpaired) electrons. The van der Waals surface area contributed by atoms with Crippen molar-refractivity contribution in [1.29, 1.82) is 0 Å². The Balaban J connectivity index is 2.07. The molecule has 2 rings (SSSR count). The Morgan fingerprint density at radius 1 is 1.40 bits per heavy atom. The van der Waals surface area contributed by atoms with Gasteiger partial charge in [0.05, 0.1) is 10.9 Å². The summed E-state index contributed by atoms with van der Waals surface area (Å²) in [6.45, 7) is 1.85. The summed E-state index contributed by atoms with van der Waals surface area (Å²) in [5.41, 5.74) is 0.937. The van der Waals surface area contributed by atoms with E-state index in [0.717, 1.165) is 0 Å². The number of nitrogens with one attached hydrogen (secondary N) is 1. The zero-order chi connectivity index (χ0) is 14.9. The first-order valence-electron chi connectivity index (χ1n) is 6.24. The third-order valence-electron chi connectivity index (χ3n) is 3.33. The van der Waals surface area contributed by atoms with E-state index in [0.29, 0.717) is 22.8 Å². The minimum atomic E-state index is -0.348. The SMILES string of the molecule is CC(=O)c1ccc(NC(=O)C2CC(=O)N(C)C2)cc1Cl. The van der Waals surface area contributed by atoms with E-state index in [1.807, 2.05) is 0 Å². The summed E-state index contributed by atoms with van der Waals surface area (Å²) in [7, 11) is 1.67. The molecule has 1 aromatic carbocycles. The van der Waals surface area contributed by atoms with Crippen molar-refractivity contribution in [3.63, 3.8) is 0 Å². The van der Waals surface area contributed by atoms with Crippen molar-refractivity contribution in [3.8, 4) is 0 Å². The summed E-state index contributed by atoms with van der Waals surface area (Å²) in [4.78, 5) is 36.2. The standard InChI is InChI=1S/C14H15ClN2O3/c1-8(18)11-4-3-10(6-12(11)15)16-14(20)9-5-13(19)17(2)7-9/h3-4,6,9H,5,7H2,1-2H3,(H,16,20). The van der Waals surface area contributed by atoms with Gasteiger partial charge in [-0.15, -0.1) is 0 Å². The van der Waals surface area contributed by atoms with Crippen LogP contribution in [-0.2, 0) is 9.59 Å². The molecular weight excluding hydrogens is 280 g/mol. The molecule has 0 bridgehead atoms. The van der Waals surface area contributed by atoms with E-state index in [1.54, 1.807) is 19.2 Å². The summed E-state index contributed by atoms with van der Waals surface area (Å²) in [6, 6.07) is 4.74. The summed E-state index contributed by atoms with van der Waals surface area (Å²) in [5.74, 6) is -0.723. The van der Waals surface area contributed by atoms with Gasteiger partial charge in [0.2, 0.25) is 11.8 Å². The van der Waals surface area contributed by atoms with Gasteiger partial charge in [-0.25, -0.2) is 0 Å². The molecule has 0 aliphatic carbocycles. The molecule has 1 saturated heterocycles. The van der Waals surface area contributed by atoms with Crippen molar-refractivity contribution in [2.75, 3.05) is 18.9 Å². The van der Waals surface area contributed by atoms with Gasteiger partial charge in [0, 0.05) is 31.3 Å². The van der Waals surface area contributed by atoms with Gasteiger partial charge in [-0.2, -0.15) is 0 Å². The highest BCUT2D eigenvalue weighted by Crippen LogP contribution is 2.23. The summed E-state index contributed by atoms with van der Waals surface area (Å²) >= 11 is 5.98. The molecule has 1 unspecified atom stereocenters. The number of halogens is 1. The fourth-order valence-electron chi connectivity index (χ4n) is 2.16. The maximum absolute atomic E-state index is 12.0. The van der Waals surface area contributed by atoms with Crippen LogP contribution < -0.4 is 5.32 Å². The van der Waals surface area contributed by atoms with Gasteiger partial charge in [0.15, 0.2) is 5.78 Å². The van der Waals surface area contributed by atoms with E-state index in [-0.39, 0.29) is 29.9 Å². The van der Waals surface area contributed by atoms with E-state index in [1.165, 1.54) is 17.9 Å². The van der Waals surface area contributed by atoms with E-state index < -0.39 is 0 Å². The fourth-order valence-corrected chi connectivity index (χ4v) is 2.48. The molecule has 1 fully saturated rings. The van der Waals surface area contributed by atoms with Crippen LogP contribution in [0.25, 0.3) is 0 Å². The molecule has 1 heterocycles.